The SMILES string of the molecule is CC(C)OC(=O)N1CCC([C@H](C)CC#Cc2cnc(N3C[C@H](NC(=O)OC(C)(C)C)[C@@H](N4CCCCC4=O)C3)nc2)CC1. The Morgan fingerprint density at radius 1 is 1.07 bits per heavy atom. The van der Waals surface area contributed by atoms with Crippen LogP contribution in [-0.4, -0.2) is 94.4 Å². The van der Waals surface area contributed by atoms with Gasteiger partial charge in [0.05, 0.1) is 23.8 Å². The van der Waals surface area contributed by atoms with Gasteiger partial charge in [0.1, 0.15) is 5.60 Å². The number of anilines is 1. The van der Waals surface area contributed by atoms with Crippen molar-refractivity contribution < 1.29 is 23.9 Å². The van der Waals surface area contributed by atoms with Gasteiger partial charge in [-0.25, -0.2) is 19.6 Å². The molecule has 43 heavy (non-hydrogen) atoms. The Balaban J connectivity index is 1.32. The fourth-order valence-corrected chi connectivity index (χ4v) is 6.00. The van der Waals surface area contributed by atoms with E-state index in [2.05, 4.69) is 34.0 Å². The van der Waals surface area contributed by atoms with Crippen LogP contribution in [0.25, 0.3) is 0 Å². The zero-order valence-electron chi connectivity index (χ0n) is 26.6. The average molecular weight is 597 g/mol. The highest BCUT2D eigenvalue weighted by Crippen LogP contribution is 2.28. The van der Waals surface area contributed by atoms with Crippen LogP contribution in [0.4, 0.5) is 15.5 Å². The maximum absolute atomic E-state index is 12.8. The molecule has 0 aromatic carbocycles. The van der Waals surface area contributed by atoms with Crippen LogP contribution in [0, 0.1) is 23.7 Å². The van der Waals surface area contributed by atoms with Crippen molar-refractivity contribution in [3.05, 3.63) is 18.0 Å². The van der Waals surface area contributed by atoms with Crippen LogP contribution in [-0.2, 0) is 14.3 Å². The van der Waals surface area contributed by atoms with Gasteiger partial charge in [0.2, 0.25) is 11.9 Å². The van der Waals surface area contributed by atoms with Gasteiger partial charge in [-0.05, 0) is 72.1 Å². The number of likely N-dealkylation sites (tertiary alicyclic amines) is 2. The molecule has 3 fully saturated rings. The van der Waals surface area contributed by atoms with Crippen LogP contribution < -0.4 is 10.2 Å². The fourth-order valence-electron chi connectivity index (χ4n) is 6.00. The molecule has 4 rings (SSSR count). The highest BCUT2D eigenvalue weighted by atomic mass is 16.6. The number of alkyl carbamates (subject to hydrolysis) is 1. The number of rotatable bonds is 6. The molecule has 0 aliphatic carbocycles. The number of hydrogen-bond acceptors (Lipinski definition) is 8. The standard InChI is InChI=1S/C32H48N6O5/c1-22(2)42-31(41)36-16-13-25(14-17-36)23(3)10-9-11-24-18-33-29(34-19-24)37-20-26(35-30(40)43-32(4,5)6)27(21-37)38-15-8-7-12-28(38)39/h18-19,22-23,25-27H,7-8,10,12-17,20-21H2,1-6H3,(H,35,40)/t23-,26+,27+/m1/s1. The number of ether oxygens (including phenoxy) is 2. The van der Waals surface area contributed by atoms with E-state index < -0.39 is 11.7 Å². The minimum Gasteiger partial charge on any atom is -0.447 e. The lowest BCUT2D eigenvalue weighted by Crippen LogP contribution is -2.54. The molecular formula is C32H48N6O5. The molecule has 1 aromatic heterocycles. The first-order chi connectivity index (χ1) is 20.4. The smallest absolute Gasteiger partial charge is 0.410 e. The van der Waals surface area contributed by atoms with E-state index in [9.17, 15) is 14.4 Å². The van der Waals surface area contributed by atoms with Crippen molar-refractivity contribution >= 4 is 24.0 Å². The van der Waals surface area contributed by atoms with Gasteiger partial charge in [-0.15, -0.1) is 0 Å². The molecule has 1 aromatic rings. The number of piperidine rings is 2. The Bertz CT molecular complexity index is 1180. The second-order valence-electron chi connectivity index (χ2n) is 13.3. The highest BCUT2D eigenvalue weighted by Gasteiger charge is 2.41. The van der Waals surface area contributed by atoms with E-state index >= 15 is 0 Å². The molecule has 236 valence electrons. The van der Waals surface area contributed by atoms with Crippen molar-refractivity contribution in [3.8, 4) is 11.8 Å². The predicted octanol–water partition coefficient (Wildman–Crippen LogP) is 4.21. The summed E-state index contributed by atoms with van der Waals surface area (Å²) in [5.74, 6) is 8.10. The van der Waals surface area contributed by atoms with Crippen molar-refractivity contribution in [2.45, 2.75) is 104 Å². The second kappa shape index (κ2) is 14.3. The normalized spacial score (nSPS) is 22.2. The molecule has 11 heteroatoms. The van der Waals surface area contributed by atoms with Crippen molar-refractivity contribution in [1.82, 2.24) is 25.1 Å². The lowest BCUT2D eigenvalue weighted by Gasteiger charge is -2.35. The molecule has 0 bridgehead atoms. The van der Waals surface area contributed by atoms with Crippen molar-refractivity contribution in [3.63, 3.8) is 0 Å². The summed E-state index contributed by atoms with van der Waals surface area (Å²) in [6.07, 6.45) is 7.70. The first-order valence-corrected chi connectivity index (χ1v) is 15.7. The van der Waals surface area contributed by atoms with E-state index in [1.807, 2.05) is 44.4 Å². The lowest BCUT2D eigenvalue weighted by molar-refractivity contribution is -0.135. The van der Waals surface area contributed by atoms with E-state index in [0.29, 0.717) is 43.8 Å². The van der Waals surface area contributed by atoms with Gasteiger partial charge < -0.3 is 29.5 Å². The number of amides is 3. The topological polar surface area (TPSA) is 117 Å². The van der Waals surface area contributed by atoms with Crippen molar-refractivity contribution in [1.29, 1.82) is 0 Å². The molecule has 4 heterocycles. The number of nitrogens with one attached hydrogen (secondary N) is 1. The molecule has 11 nitrogen and oxygen atoms in total. The van der Waals surface area contributed by atoms with Crippen LogP contribution in [0.5, 0.6) is 0 Å². The summed E-state index contributed by atoms with van der Waals surface area (Å²) >= 11 is 0. The molecule has 0 unspecified atom stereocenters. The van der Waals surface area contributed by atoms with E-state index in [4.69, 9.17) is 9.47 Å². The summed E-state index contributed by atoms with van der Waals surface area (Å²) in [4.78, 5) is 52.4. The van der Waals surface area contributed by atoms with Crippen molar-refractivity contribution in [2.75, 3.05) is 37.6 Å². The maximum atomic E-state index is 12.8. The molecule has 3 aliphatic rings. The molecule has 0 spiro atoms. The summed E-state index contributed by atoms with van der Waals surface area (Å²) in [7, 11) is 0. The molecular weight excluding hydrogens is 548 g/mol. The van der Waals surface area contributed by atoms with Gasteiger partial charge in [0, 0.05) is 58.0 Å². The van der Waals surface area contributed by atoms with Crippen LogP contribution in [0.15, 0.2) is 12.4 Å². The summed E-state index contributed by atoms with van der Waals surface area (Å²) < 4.78 is 10.8. The van der Waals surface area contributed by atoms with Gasteiger partial charge in [-0.2, -0.15) is 0 Å². The number of hydrogen-bond donors (Lipinski definition) is 1. The Morgan fingerprint density at radius 3 is 2.40 bits per heavy atom. The van der Waals surface area contributed by atoms with Gasteiger partial charge in [0.15, 0.2) is 0 Å². The number of nitrogens with zero attached hydrogens (tertiary/aromatic N) is 5. The Kier molecular flexibility index (Phi) is 10.7. The largest absolute Gasteiger partial charge is 0.447 e. The number of carbonyl (C=O) groups is 3. The van der Waals surface area contributed by atoms with Crippen molar-refractivity contribution in [2.24, 2.45) is 11.8 Å². The first kappa shape index (κ1) is 32.4. The fraction of sp³-hybridized carbons (Fsp3) is 0.719. The maximum Gasteiger partial charge on any atom is 0.410 e. The summed E-state index contributed by atoms with van der Waals surface area (Å²) in [5.41, 5.74) is 0.129. The summed E-state index contributed by atoms with van der Waals surface area (Å²) in [6, 6.07) is -0.480. The van der Waals surface area contributed by atoms with E-state index in [1.165, 1.54) is 0 Å². The van der Waals surface area contributed by atoms with Crippen LogP contribution in [0.1, 0.15) is 85.6 Å². The van der Waals surface area contributed by atoms with Gasteiger partial charge in [-0.1, -0.05) is 18.8 Å². The second-order valence-corrected chi connectivity index (χ2v) is 13.3. The number of aromatic nitrogens is 2. The summed E-state index contributed by atoms with van der Waals surface area (Å²) in [5, 5.41) is 2.99. The zero-order chi connectivity index (χ0) is 31.1. The molecule has 3 amide bonds. The summed E-state index contributed by atoms with van der Waals surface area (Å²) in [6.45, 7) is 14.6. The minimum absolute atomic E-state index is 0.104. The van der Waals surface area contributed by atoms with Crippen LogP contribution >= 0.6 is 0 Å². The Morgan fingerprint density at radius 2 is 1.77 bits per heavy atom. The van der Waals surface area contributed by atoms with E-state index in [0.717, 1.165) is 50.8 Å². The quantitative estimate of drug-likeness (QED) is 0.486. The third kappa shape index (κ3) is 9.22. The Hall–Kier alpha value is -3.55. The van der Waals surface area contributed by atoms with E-state index in [1.54, 1.807) is 17.3 Å². The molecule has 1 N–H and O–H groups in total. The Labute approximate surface area is 256 Å². The zero-order valence-corrected chi connectivity index (χ0v) is 26.6. The van der Waals surface area contributed by atoms with Gasteiger partial charge in [-0.3, -0.25) is 4.79 Å². The molecule has 0 radical (unpaired) electrons. The van der Waals surface area contributed by atoms with E-state index in [-0.39, 0.29) is 30.2 Å². The van der Waals surface area contributed by atoms with Crippen LogP contribution in [0.3, 0.4) is 0 Å². The molecule has 0 saturated carbocycles. The minimum atomic E-state index is -0.614. The predicted molar refractivity (Wildman–Crippen MR) is 163 cm³/mol. The molecule has 3 atom stereocenters. The third-order valence-electron chi connectivity index (χ3n) is 8.27. The lowest BCUT2D eigenvalue weighted by atomic mass is 9.84. The average Bonchev–Trinajstić information content (AvgIpc) is 3.35. The monoisotopic (exact) mass is 596 g/mol. The third-order valence-corrected chi connectivity index (χ3v) is 8.27. The highest BCUT2D eigenvalue weighted by molar-refractivity contribution is 5.78. The first-order valence-electron chi connectivity index (χ1n) is 15.7. The van der Waals surface area contributed by atoms with Gasteiger partial charge in [0.25, 0.3) is 0 Å². The van der Waals surface area contributed by atoms with Crippen LogP contribution in [0.2, 0.25) is 0 Å². The van der Waals surface area contributed by atoms with Gasteiger partial charge >= 0.3 is 12.2 Å². The molecule has 3 saturated heterocycles. The number of carbonyl (C=O) groups excluding carboxylic acids is 3. The molecule has 3 aliphatic heterocycles.